The number of carbonyl (C=O) groups excluding carboxylic acids is 1. The third kappa shape index (κ3) is 4.01. The van der Waals surface area contributed by atoms with E-state index in [1.165, 1.54) is 0 Å². The summed E-state index contributed by atoms with van der Waals surface area (Å²) in [4.78, 5) is 27.5. The van der Waals surface area contributed by atoms with Gasteiger partial charge in [-0.15, -0.1) is 10.2 Å². The molecule has 0 aliphatic carbocycles. The maximum Gasteiger partial charge on any atom is 0.312 e. The summed E-state index contributed by atoms with van der Waals surface area (Å²) >= 11 is 4.76. The minimum Gasteiger partial charge on any atom is -0.411 e. The van der Waals surface area contributed by atoms with Crippen molar-refractivity contribution in [2.24, 2.45) is 0 Å². The van der Waals surface area contributed by atoms with Crippen molar-refractivity contribution >= 4 is 56.6 Å². The van der Waals surface area contributed by atoms with Crippen molar-refractivity contribution in [1.29, 1.82) is 0 Å². The number of aryl methyl sites for hydroxylation is 1. The Kier molecular flexibility index (Phi) is 5.78. The van der Waals surface area contributed by atoms with Crippen molar-refractivity contribution in [3.63, 3.8) is 0 Å². The molecule has 10 nitrogen and oxygen atoms in total. The van der Waals surface area contributed by atoms with Gasteiger partial charge >= 0.3 is 11.8 Å². The lowest BCUT2D eigenvalue weighted by Gasteiger charge is -2.32. The Morgan fingerprint density at radius 1 is 1.23 bits per heavy atom. The summed E-state index contributed by atoms with van der Waals surface area (Å²) in [5.41, 5.74) is 6.01. The highest BCUT2D eigenvalue weighted by Gasteiger charge is 2.38. The Morgan fingerprint density at radius 3 is 2.94 bits per heavy atom. The SMILES string of the molecule is Cc1cccc(-c2nnc(C(=O)N3CCc4[nH]cnc4[C@@H]3c3cc4c(C(I)I)cccn4n3)o2)n1. The molecule has 1 amide bonds. The molecule has 0 saturated carbocycles. The van der Waals surface area contributed by atoms with Crippen LogP contribution in [-0.4, -0.2) is 52.1 Å². The summed E-state index contributed by atoms with van der Waals surface area (Å²) in [6, 6.07) is 11.1. The van der Waals surface area contributed by atoms with Crippen LogP contribution in [0.4, 0.5) is 0 Å². The number of alkyl halides is 2. The molecule has 0 bridgehead atoms. The minimum absolute atomic E-state index is 0.0867. The number of aromatic nitrogens is 7. The molecule has 12 heteroatoms. The predicted molar refractivity (Wildman–Crippen MR) is 143 cm³/mol. The van der Waals surface area contributed by atoms with Crippen LogP contribution in [0.25, 0.3) is 17.1 Å². The Morgan fingerprint density at radius 2 is 2.11 bits per heavy atom. The van der Waals surface area contributed by atoms with Crippen LogP contribution in [-0.2, 0) is 6.42 Å². The van der Waals surface area contributed by atoms with E-state index in [4.69, 9.17) is 9.52 Å². The van der Waals surface area contributed by atoms with Crippen molar-refractivity contribution in [3.8, 4) is 11.6 Å². The molecule has 176 valence electrons. The van der Waals surface area contributed by atoms with Crippen LogP contribution in [0.3, 0.4) is 0 Å². The van der Waals surface area contributed by atoms with Gasteiger partial charge in [0.2, 0.25) is 0 Å². The van der Waals surface area contributed by atoms with Crippen LogP contribution in [0, 0.1) is 6.92 Å². The summed E-state index contributed by atoms with van der Waals surface area (Å²) in [5.74, 6) is -0.247. The number of rotatable bonds is 4. The van der Waals surface area contributed by atoms with Crippen molar-refractivity contribution in [2.45, 2.75) is 21.3 Å². The highest BCUT2D eigenvalue weighted by molar-refractivity contribution is 14.2. The molecule has 0 unspecified atom stereocenters. The number of hydrogen-bond donors (Lipinski definition) is 1. The molecule has 0 radical (unpaired) electrons. The lowest BCUT2D eigenvalue weighted by atomic mass is 9.99. The van der Waals surface area contributed by atoms with Crippen LogP contribution in [0.15, 0.2) is 53.3 Å². The number of pyridine rings is 2. The van der Waals surface area contributed by atoms with E-state index in [2.05, 4.69) is 76.4 Å². The van der Waals surface area contributed by atoms with E-state index in [1.54, 1.807) is 17.3 Å². The number of nitrogens with one attached hydrogen (secondary N) is 1. The monoisotopic (exact) mass is 692 g/mol. The molecule has 0 aromatic carbocycles. The van der Waals surface area contributed by atoms with E-state index < -0.39 is 6.04 Å². The standard InChI is InChI=1S/C23H18I2N8O2/c1-12-4-2-6-15(28-12)21-29-30-22(35-21)23(34)32-9-7-14-18(27-11-26-14)19(32)16-10-17-13(20(24)25)5-3-8-33(17)31-16/h2-6,8,10-11,19-20H,7,9H2,1H3,(H,26,27)/t19-/m0/s1. The maximum atomic E-state index is 13.7. The number of amides is 1. The fraction of sp³-hybridized carbons (Fsp3) is 0.217. The molecule has 1 aliphatic rings. The van der Waals surface area contributed by atoms with E-state index in [-0.39, 0.29) is 19.6 Å². The second-order valence-corrected chi connectivity index (χ2v) is 13.0. The molecule has 0 fully saturated rings. The van der Waals surface area contributed by atoms with Crippen LogP contribution >= 0.6 is 45.2 Å². The van der Waals surface area contributed by atoms with Crippen molar-refractivity contribution in [2.75, 3.05) is 6.54 Å². The number of hydrogen-bond acceptors (Lipinski definition) is 7. The first kappa shape index (κ1) is 22.6. The number of aromatic amines is 1. The van der Waals surface area contributed by atoms with Crippen LogP contribution in [0.5, 0.6) is 0 Å². The fourth-order valence-corrected chi connectivity index (χ4v) is 5.42. The average Bonchev–Trinajstić information content (AvgIpc) is 3.61. The number of halogens is 2. The lowest BCUT2D eigenvalue weighted by molar-refractivity contribution is 0.0646. The van der Waals surface area contributed by atoms with E-state index in [9.17, 15) is 4.79 Å². The van der Waals surface area contributed by atoms with Gasteiger partial charge in [0.1, 0.15) is 11.7 Å². The smallest absolute Gasteiger partial charge is 0.312 e. The zero-order chi connectivity index (χ0) is 24.1. The average molecular weight is 692 g/mol. The van der Waals surface area contributed by atoms with Gasteiger partial charge in [0.25, 0.3) is 5.89 Å². The Hall–Kier alpha value is -2.88. The molecule has 6 rings (SSSR count). The summed E-state index contributed by atoms with van der Waals surface area (Å²) in [6.45, 7) is 2.34. The van der Waals surface area contributed by atoms with Gasteiger partial charge in [0, 0.05) is 36.1 Å². The summed E-state index contributed by atoms with van der Waals surface area (Å²) in [5, 5.41) is 12.9. The fourth-order valence-electron chi connectivity index (χ4n) is 4.37. The molecule has 0 spiro atoms. The Bertz CT molecular complexity index is 1560. The molecule has 5 aromatic rings. The topological polar surface area (TPSA) is 118 Å². The molecule has 5 aromatic heterocycles. The van der Waals surface area contributed by atoms with Crippen LogP contribution in [0.2, 0.25) is 0 Å². The number of fused-ring (bicyclic) bond motifs is 2. The molecule has 6 heterocycles. The summed E-state index contributed by atoms with van der Waals surface area (Å²) in [7, 11) is 0. The Balaban J connectivity index is 1.41. The second kappa shape index (κ2) is 8.96. The number of H-pyrrole nitrogens is 1. The number of nitrogens with zero attached hydrogens (tertiary/aromatic N) is 7. The third-order valence-corrected chi connectivity index (χ3v) is 7.31. The highest BCUT2D eigenvalue weighted by atomic mass is 127. The first-order valence-electron chi connectivity index (χ1n) is 10.9. The van der Waals surface area contributed by atoms with E-state index in [0.717, 1.165) is 33.9 Å². The van der Waals surface area contributed by atoms with Gasteiger partial charge in [-0.3, -0.25) is 4.79 Å². The van der Waals surface area contributed by atoms with Crippen molar-refractivity contribution in [3.05, 3.63) is 83.2 Å². The quantitative estimate of drug-likeness (QED) is 0.218. The molecule has 0 saturated heterocycles. The largest absolute Gasteiger partial charge is 0.411 e. The van der Waals surface area contributed by atoms with Gasteiger partial charge < -0.3 is 14.3 Å². The van der Waals surface area contributed by atoms with Gasteiger partial charge in [0.05, 0.1) is 25.2 Å². The van der Waals surface area contributed by atoms with E-state index >= 15 is 0 Å². The first-order chi connectivity index (χ1) is 17.0. The first-order valence-corrected chi connectivity index (χ1v) is 13.4. The minimum atomic E-state index is -0.487. The van der Waals surface area contributed by atoms with Gasteiger partial charge in [-0.2, -0.15) is 5.10 Å². The zero-order valence-corrected chi connectivity index (χ0v) is 22.7. The molecule has 35 heavy (non-hydrogen) atoms. The van der Waals surface area contributed by atoms with E-state index in [0.29, 0.717) is 18.7 Å². The zero-order valence-electron chi connectivity index (χ0n) is 18.4. The summed E-state index contributed by atoms with van der Waals surface area (Å²) in [6.07, 6.45) is 4.21. The molecular weight excluding hydrogens is 674 g/mol. The molecular formula is C23H18I2N8O2. The molecule has 1 N–H and O–H groups in total. The van der Waals surface area contributed by atoms with Crippen LogP contribution in [0.1, 0.15) is 47.0 Å². The van der Waals surface area contributed by atoms with Crippen LogP contribution < -0.4 is 0 Å². The van der Waals surface area contributed by atoms with Crippen molar-refractivity contribution in [1.82, 2.24) is 39.7 Å². The Labute approximate surface area is 226 Å². The molecule has 1 aliphatic heterocycles. The predicted octanol–water partition coefficient (Wildman–Crippen LogP) is 4.47. The summed E-state index contributed by atoms with van der Waals surface area (Å²) < 4.78 is 7.90. The third-order valence-electron chi connectivity index (χ3n) is 5.97. The molecule has 1 atom stereocenters. The maximum absolute atomic E-state index is 13.7. The van der Waals surface area contributed by atoms with Gasteiger partial charge in [0.15, 0.2) is 0 Å². The van der Waals surface area contributed by atoms with Gasteiger partial charge in [-0.05, 0) is 31.2 Å². The van der Waals surface area contributed by atoms with E-state index in [1.807, 2.05) is 41.9 Å². The highest BCUT2D eigenvalue weighted by Crippen LogP contribution is 2.37. The second-order valence-electron chi connectivity index (χ2n) is 8.16. The normalized spacial score (nSPS) is 15.7. The van der Waals surface area contributed by atoms with Gasteiger partial charge in [-0.1, -0.05) is 57.3 Å². The number of carbonyl (C=O) groups is 1. The van der Waals surface area contributed by atoms with Gasteiger partial charge in [-0.25, -0.2) is 14.5 Å². The number of imidazole rings is 1. The lowest BCUT2D eigenvalue weighted by Crippen LogP contribution is -2.41. The van der Waals surface area contributed by atoms with Crippen molar-refractivity contribution < 1.29 is 9.21 Å².